The predicted octanol–water partition coefficient (Wildman–Crippen LogP) is 8.99. The van der Waals surface area contributed by atoms with E-state index in [1.54, 1.807) is 6.07 Å². The molecule has 4 fully saturated rings. The lowest BCUT2D eigenvalue weighted by Gasteiger charge is -2.70. The van der Waals surface area contributed by atoms with Gasteiger partial charge in [-0.25, -0.2) is 0 Å². The summed E-state index contributed by atoms with van der Waals surface area (Å²) in [6.45, 7) is 24.9. The first-order valence-corrected chi connectivity index (χ1v) is 21.7. The molecule has 0 radical (unpaired) electrons. The molecule has 0 saturated heterocycles. The quantitative estimate of drug-likeness (QED) is 0.164. The number of benzene rings is 1. The number of halogens is 1. The second-order valence-corrected chi connectivity index (χ2v) is 20.3. The lowest BCUT2D eigenvalue weighted by atomic mass is 9.33. The number of carbonyl (C=O) groups is 4. The van der Waals surface area contributed by atoms with Gasteiger partial charge in [0.05, 0.1) is 28.8 Å². The molecule has 5 aliphatic carbocycles. The van der Waals surface area contributed by atoms with Crippen LogP contribution in [0.5, 0.6) is 5.75 Å². The third-order valence-electron chi connectivity index (χ3n) is 16.5. The van der Waals surface area contributed by atoms with Crippen molar-refractivity contribution in [2.75, 3.05) is 39.0 Å². The normalized spacial score (nSPS) is 36.5. The number of carboxylic acids is 1. The highest BCUT2D eigenvalue weighted by atomic mass is 35.5. The van der Waals surface area contributed by atoms with Gasteiger partial charge in [0.1, 0.15) is 11.9 Å². The minimum absolute atomic E-state index is 0.0644. The number of rotatable bonds is 9. The van der Waals surface area contributed by atoms with E-state index in [2.05, 4.69) is 65.6 Å². The minimum atomic E-state index is -0.729. The molecule has 6 rings (SSSR count). The number of likely N-dealkylation sites (N-methyl/N-ethyl adjacent to an activating group) is 1. The first-order valence-electron chi connectivity index (χ1n) is 21.3. The third-order valence-corrected chi connectivity index (χ3v) is 16.8. The molecule has 11 heteroatoms. The molecule has 1 unspecified atom stereocenters. The number of allylic oxidation sites excluding steroid dienone is 2. The van der Waals surface area contributed by atoms with Crippen molar-refractivity contribution in [3.8, 4) is 5.75 Å². The fourth-order valence-electron chi connectivity index (χ4n) is 12.6. The number of ketones is 1. The topological polar surface area (TPSA) is 148 Å². The van der Waals surface area contributed by atoms with Gasteiger partial charge in [0.25, 0.3) is 5.91 Å². The molecule has 10 nitrogen and oxygen atoms in total. The van der Waals surface area contributed by atoms with E-state index < -0.39 is 11.4 Å². The summed E-state index contributed by atoms with van der Waals surface area (Å²) in [4.78, 5) is 52.9. The number of nitrogens with two attached hydrogens (primary N) is 1. The number of methoxy groups -OCH3 is 1. The van der Waals surface area contributed by atoms with Gasteiger partial charge >= 0.3 is 11.9 Å². The van der Waals surface area contributed by atoms with Crippen LogP contribution in [0.15, 0.2) is 23.8 Å². The summed E-state index contributed by atoms with van der Waals surface area (Å²) in [7, 11) is 1.50. The molecule has 0 aromatic heterocycles. The lowest BCUT2D eigenvalue weighted by molar-refractivity contribution is -0.210. The van der Waals surface area contributed by atoms with Crippen molar-refractivity contribution in [1.82, 2.24) is 10.2 Å². The van der Waals surface area contributed by atoms with Crippen LogP contribution in [0.3, 0.4) is 0 Å². The van der Waals surface area contributed by atoms with Crippen LogP contribution in [-0.2, 0) is 19.1 Å². The van der Waals surface area contributed by atoms with Crippen LogP contribution < -0.4 is 15.8 Å². The third kappa shape index (κ3) is 7.76. The number of hydrogen-bond donors (Lipinski definition) is 3. The number of fused-ring (bicyclic) bond motifs is 7. The zero-order valence-electron chi connectivity index (χ0n) is 36.5. The van der Waals surface area contributed by atoms with Crippen molar-refractivity contribution in [3.05, 3.63) is 34.4 Å². The van der Waals surface area contributed by atoms with Crippen LogP contribution in [-0.4, -0.2) is 73.0 Å². The number of ether oxygens (including phenoxy) is 2. The lowest BCUT2D eigenvalue weighted by Crippen LogP contribution is -2.66. The van der Waals surface area contributed by atoms with Gasteiger partial charge in [-0.2, -0.15) is 0 Å². The van der Waals surface area contributed by atoms with Crippen LogP contribution in [0.2, 0.25) is 5.02 Å². The van der Waals surface area contributed by atoms with Gasteiger partial charge in [-0.3, -0.25) is 19.2 Å². The number of nitrogen functional groups attached to an aromatic ring is 1. The van der Waals surface area contributed by atoms with Gasteiger partial charge in [0.2, 0.25) is 0 Å². The zero-order valence-corrected chi connectivity index (χ0v) is 37.3. The van der Waals surface area contributed by atoms with E-state index in [1.807, 2.05) is 13.0 Å². The maximum atomic E-state index is 14.4. The van der Waals surface area contributed by atoms with Crippen molar-refractivity contribution < 1.29 is 33.8 Å². The number of nitrogens with zero attached hydrogens (tertiary/aromatic N) is 1. The fourth-order valence-corrected chi connectivity index (χ4v) is 12.8. The van der Waals surface area contributed by atoms with E-state index in [9.17, 15) is 24.3 Å². The standard InChI is InChI=1S/C32H48O5.C14H22ClN3O2/c1-19(33)37-24-10-11-30(6)23(27(24,2)3)9-12-32(8)25(30)22(34)17-20-21-18-29(5,26(35)36)14-13-28(21,4)15-16-31(20,32)7;1-4-18(5-2)7-6-17-14(19)10-8-11(15)12(16)9-13(10)20-3/h17,21,23-25H,9-16,18H2,1-8H3,(H,35,36);8-9H,4-7,16H2,1-3H3,(H,17,19)/t21-,23?,24+,25-,28-,29-,30+,31-,32-;/m1./s1. The average molecular weight is 813 g/mol. The number of carboxylic acid groups (broad SMARTS) is 1. The molecule has 1 aromatic rings. The summed E-state index contributed by atoms with van der Waals surface area (Å²) in [5.41, 5.74) is 6.44. The zero-order chi connectivity index (χ0) is 42.5. The molecule has 5 aliphatic rings. The van der Waals surface area contributed by atoms with E-state index >= 15 is 0 Å². The molecule has 4 N–H and O–H groups in total. The molecule has 4 saturated carbocycles. The molecule has 1 aromatic carbocycles. The highest BCUT2D eigenvalue weighted by Crippen LogP contribution is 2.75. The molecule has 0 bridgehead atoms. The Balaban J connectivity index is 0.000000263. The van der Waals surface area contributed by atoms with E-state index in [0.717, 1.165) is 64.6 Å². The number of hydrogen-bond acceptors (Lipinski definition) is 8. The Hall–Kier alpha value is -3.11. The smallest absolute Gasteiger partial charge is 0.309 e. The van der Waals surface area contributed by atoms with Gasteiger partial charge in [0, 0.05) is 37.4 Å². The molecule has 1 amide bonds. The molecular formula is C46H70ClN3O7. The highest BCUT2D eigenvalue weighted by molar-refractivity contribution is 6.33. The van der Waals surface area contributed by atoms with Crippen LogP contribution >= 0.6 is 11.6 Å². The SMILES string of the molecule is CC(=O)O[C@H]1CC[C@@]2(C)C(CC[C@]3(C)[C@@H]2C(=O)C=C2[C@H]4C[C@](C)(C(=O)O)CC[C@]4(C)CC[C@]23C)C1(C)C.CCN(CC)CCNC(=O)c1cc(Cl)c(N)cc1OC. The second-order valence-electron chi connectivity index (χ2n) is 19.9. The van der Waals surface area contributed by atoms with Crippen molar-refractivity contribution in [2.45, 2.75) is 133 Å². The fraction of sp³-hybridized carbons (Fsp3) is 0.739. The molecule has 0 heterocycles. The van der Waals surface area contributed by atoms with Gasteiger partial charge in [-0.15, -0.1) is 0 Å². The van der Waals surface area contributed by atoms with Crippen molar-refractivity contribution in [2.24, 2.45) is 50.2 Å². The number of amides is 1. The van der Waals surface area contributed by atoms with Gasteiger partial charge in [-0.05, 0) is 123 Å². The molecular weight excluding hydrogens is 742 g/mol. The number of carbonyl (C=O) groups excluding carboxylic acids is 3. The molecule has 57 heavy (non-hydrogen) atoms. The van der Waals surface area contributed by atoms with Crippen LogP contribution in [0.1, 0.15) is 137 Å². The summed E-state index contributed by atoms with van der Waals surface area (Å²) < 4.78 is 11.0. The first kappa shape index (κ1) is 45.0. The van der Waals surface area contributed by atoms with Crippen LogP contribution in [0, 0.1) is 50.2 Å². The Labute approximate surface area is 346 Å². The van der Waals surface area contributed by atoms with Crippen LogP contribution in [0.25, 0.3) is 0 Å². The van der Waals surface area contributed by atoms with E-state index in [4.69, 9.17) is 26.8 Å². The Kier molecular flexibility index (Phi) is 12.7. The summed E-state index contributed by atoms with van der Waals surface area (Å²) >= 11 is 5.95. The average Bonchev–Trinajstić information content (AvgIpc) is 3.13. The number of aliphatic carboxylic acids is 1. The van der Waals surface area contributed by atoms with E-state index in [-0.39, 0.29) is 62.7 Å². The monoisotopic (exact) mass is 811 g/mol. The van der Waals surface area contributed by atoms with Crippen molar-refractivity contribution >= 4 is 40.9 Å². The van der Waals surface area contributed by atoms with Gasteiger partial charge < -0.3 is 30.5 Å². The van der Waals surface area contributed by atoms with Crippen LogP contribution in [0.4, 0.5) is 5.69 Å². The number of esters is 1. The predicted molar refractivity (Wildman–Crippen MR) is 225 cm³/mol. The second kappa shape index (κ2) is 16.2. The number of anilines is 1. The molecule has 0 spiro atoms. The van der Waals surface area contributed by atoms with Gasteiger partial charge in [-0.1, -0.05) is 72.6 Å². The summed E-state index contributed by atoms with van der Waals surface area (Å²) in [5, 5.41) is 13.3. The largest absolute Gasteiger partial charge is 0.496 e. The summed E-state index contributed by atoms with van der Waals surface area (Å²) in [6, 6.07) is 3.09. The van der Waals surface area contributed by atoms with E-state index in [1.165, 1.54) is 25.7 Å². The Morgan fingerprint density at radius 2 is 1.61 bits per heavy atom. The van der Waals surface area contributed by atoms with Crippen molar-refractivity contribution in [3.63, 3.8) is 0 Å². The minimum Gasteiger partial charge on any atom is -0.496 e. The molecule has 9 atom stereocenters. The molecule has 0 aliphatic heterocycles. The summed E-state index contributed by atoms with van der Waals surface area (Å²) in [5.74, 6) is -0.0690. The highest BCUT2D eigenvalue weighted by Gasteiger charge is 2.70. The molecule has 318 valence electrons. The Bertz CT molecular complexity index is 1780. The maximum absolute atomic E-state index is 14.4. The first-order chi connectivity index (χ1) is 26.5. The summed E-state index contributed by atoms with van der Waals surface area (Å²) in [6.07, 6.45) is 10.0. The Morgan fingerprint density at radius 3 is 2.21 bits per heavy atom. The Morgan fingerprint density at radius 1 is 0.965 bits per heavy atom. The van der Waals surface area contributed by atoms with Crippen molar-refractivity contribution in [1.29, 1.82) is 0 Å². The van der Waals surface area contributed by atoms with E-state index in [0.29, 0.717) is 47.3 Å². The number of nitrogens with one attached hydrogen (secondary N) is 1. The maximum Gasteiger partial charge on any atom is 0.309 e. The van der Waals surface area contributed by atoms with Gasteiger partial charge in [0.15, 0.2) is 5.78 Å².